The Morgan fingerprint density at radius 1 is 0.300 bits per heavy atom. The molecule has 50 heavy (non-hydrogen) atoms. The van der Waals surface area contributed by atoms with Crippen molar-refractivity contribution in [2.75, 3.05) is 0 Å². The maximum absolute atomic E-state index is 7.15. The molecule has 11 aromatic rings. The van der Waals surface area contributed by atoms with Gasteiger partial charge in [-0.15, -0.1) is 22.7 Å². The highest BCUT2D eigenvalue weighted by Crippen LogP contribution is 2.54. The lowest BCUT2D eigenvalue weighted by molar-refractivity contribution is 1.68. The van der Waals surface area contributed by atoms with Gasteiger partial charge in [0, 0.05) is 82.7 Å². The smallest absolute Gasteiger partial charge is 0.0491 e. The fourth-order valence-electron chi connectivity index (χ4n) is 8.21. The zero-order valence-electron chi connectivity index (χ0n) is 26.4. The van der Waals surface area contributed by atoms with Crippen LogP contribution in [0, 0.1) is 0 Å². The van der Waals surface area contributed by atoms with Crippen molar-refractivity contribution in [3.05, 3.63) is 156 Å². The van der Waals surface area contributed by atoms with E-state index in [1.165, 1.54) is 94.9 Å². The highest BCUT2D eigenvalue weighted by molar-refractivity contribution is 7.27. The predicted molar refractivity (Wildman–Crippen MR) is 223 cm³/mol. The van der Waals surface area contributed by atoms with Crippen LogP contribution in [0.25, 0.3) is 106 Å². The van der Waals surface area contributed by atoms with E-state index in [0.29, 0.717) is 0 Å². The summed E-state index contributed by atoms with van der Waals surface area (Å²) in [4.78, 5) is 0. The Morgan fingerprint density at radius 2 is 0.680 bits per heavy atom. The van der Waals surface area contributed by atoms with E-state index in [-0.39, 0.29) is 0 Å². The molecule has 0 aliphatic rings. The van der Waals surface area contributed by atoms with Gasteiger partial charge in [0.2, 0.25) is 0 Å². The van der Waals surface area contributed by atoms with Crippen LogP contribution in [-0.2, 0) is 0 Å². The first-order chi connectivity index (χ1) is 24.7. The van der Waals surface area contributed by atoms with Crippen LogP contribution in [0.15, 0.2) is 146 Å². The lowest BCUT2D eigenvalue weighted by Gasteiger charge is -2.21. The van der Waals surface area contributed by atoms with Gasteiger partial charge in [0.15, 0.2) is 0 Å². The van der Waals surface area contributed by atoms with Crippen LogP contribution in [0.2, 0.25) is 10.0 Å². The molecule has 0 unspecified atom stereocenters. The molecule has 0 bridgehead atoms. The van der Waals surface area contributed by atoms with Gasteiger partial charge in [0.05, 0.1) is 0 Å². The van der Waals surface area contributed by atoms with E-state index in [9.17, 15) is 0 Å². The van der Waals surface area contributed by atoms with Gasteiger partial charge < -0.3 is 0 Å². The Morgan fingerprint density at radius 3 is 1.10 bits per heavy atom. The van der Waals surface area contributed by atoms with Gasteiger partial charge in [-0.1, -0.05) is 157 Å². The van der Waals surface area contributed by atoms with Gasteiger partial charge in [-0.05, 0) is 45.2 Å². The third kappa shape index (κ3) is 3.93. The summed E-state index contributed by atoms with van der Waals surface area (Å²) in [6.45, 7) is 0. The zero-order valence-corrected chi connectivity index (χ0v) is 29.6. The molecule has 2 heterocycles. The van der Waals surface area contributed by atoms with Gasteiger partial charge >= 0.3 is 0 Å². The van der Waals surface area contributed by atoms with Crippen LogP contribution in [0.5, 0.6) is 0 Å². The Kier molecular flexibility index (Phi) is 6.21. The number of hydrogen-bond acceptors (Lipinski definition) is 2. The number of hydrogen-bond donors (Lipinski definition) is 0. The van der Waals surface area contributed by atoms with Gasteiger partial charge in [-0.2, -0.15) is 0 Å². The first-order valence-corrected chi connectivity index (χ1v) is 19.0. The number of halogens is 2. The molecule has 9 aromatic carbocycles. The fourth-order valence-corrected chi connectivity index (χ4v) is 11.5. The summed E-state index contributed by atoms with van der Waals surface area (Å²) in [5.41, 5.74) is 4.90. The zero-order chi connectivity index (χ0) is 33.1. The van der Waals surface area contributed by atoms with Crippen molar-refractivity contribution in [1.29, 1.82) is 0 Å². The second-order valence-corrected chi connectivity index (χ2v) is 15.8. The molecule has 0 fully saturated rings. The van der Waals surface area contributed by atoms with Crippen molar-refractivity contribution in [3.8, 4) is 22.3 Å². The third-order valence-corrected chi connectivity index (χ3v) is 13.5. The number of benzene rings is 9. The monoisotopic (exact) mass is 710 g/mol. The molecule has 0 aliphatic heterocycles. The van der Waals surface area contributed by atoms with E-state index in [4.69, 9.17) is 23.2 Å². The molecule has 0 aliphatic carbocycles. The Hall–Kier alpha value is -4.96. The first kappa shape index (κ1) is 28.8. The minimum Gasteiger partial charge on any atom is -0.134 e. The van der Waals surface area contributed by atoms with Gasteiger partial charge in [-0.25, -0.2) is 0 Å². The summed E-state index contributed by atoms with van der Waals surface area (Å²) < 4.78 is 5.07. The molecule has 0 amide bonds. The van der Waals surface area contributed by atoms with Gasteiger partial charge in [-0.3, -0.25) is 0 Å². The van der Waals surface area contributed by atoms with Crippen LogP contribution in [0.3, 0.4) is 0 Å². The molecular formula is C46H24Cl2S2. The normalized spacial score (nSPS) is 12.2. The molecule has 11 rings (SSSR count). The summed E-state index contributed by atoms with van der Waals surface area (Å²) in [6.07, 6.45) is 0. The maximum Gasteiger partial charge on any atom is 0.0491 e. The lowest BCUT2D eigenvalue weighted by Crippen LogP contribution is -1.92. The van der Waals surface area contributed by atoms with E-state index in [2.05, 4.69) is 146 Å². The second-order valence-electron chi connectivity index (χ2n) is 13.0. The summed E-state index contributed by atoms with van der Waals surface area (Å²) in [7, 11) is 0. The Balaban J connectivity index is 1.48. The number of rotatable bonds is 2. The second kappa shape index (κ2) is 10.8. The van der Waals surface area contributed by atoms with Crippen molar-refractivity contribution >= 4 is 129 Å². The van der Waals surface area contributed by atoms with Crippen LogP contribution in [0.1, 0.15) is 0 Å². The van der Waals surface area contributed by atoms with Gasteiger partial charge in [0.25, 0.3) is 0 Å². The van der Waals surface area contributed by atoms with Crippen LogP contribution >= 0.6 is 45.9 Å². The molecule has 234 valence electrons. The average Bonchev–Trinajstić information content (AvgIpc) is 3.17. The van der Waals surface area contributed by atoms with Crippen LogP contribution in [-0.4, -0.2) is 0 Å². The predicted octanol–water partition coefficient (Wildman–Crippen LogP) is 15.7. The van der Waals surface area contributed by atoms with Crippen LogP contribution < -0.4 is 0 Å². The topological polar surface area (TPSA) is 0 Å². The van der Waals surface area contributed by atoms with E-state index in [0.717, 1.165) is 20.8 Å². The fraction of sp³-hybridized carbons (Fsp3) is 0. The summed E-state index contributed by atoms with van der Waals surface area (Å²) in [5.74, 6) is 0. The van der Waals surface area contributed by atoms with E-state index in [1.54, 1.807) is 0 Å². The van der Waals surface area contributed by atoms with Crippen molar-refractivity contribution in [2.45, 2.75) is 0 Å². The highest BCUT2D eigenvalue weighted by Gasteiger charge is 2.24. The van der Waals surface area contributed by atoms with E-state index in [1.807, 2.05) is 22.7 Å². The molecule has 0 N–H and O–H groups in total. The Labute approximate surface area is 305 Å². The SMILES string of the molecule is Clc1cc2c(sc3c(-c4ccccc4)ccc4c3c2c2ccc(-c3ccccc3)c3sc5c6ccccc6c(Cl)cc5c4c32)c2ccccc12. The molecule has 0 nitrogen and oxygen atoms in total. The summed E-state index contributed by atoms with van der Waals surface area (Å²) in [6, 6.07) is 52.5. The lowest BCUT2D eigenvalue weighted by atomic mass is 9.87. The quantitative estimate of drug-likeness (QED) is 0.124. The molecule has 0 radical (unpaired) electrons. The number of fused-ring (bicyclic) bond motifs is 10. The average molecular weight is 712 g/mol. The molecular weight excluding hydrogens is 688 g/mol. The van der Waals surface area contributed by atoms with Crippen molar-refractivity contribution in [2.24, 2.45) is 0 Å². The summed E-state index contributed by atoms with van der Waals surface area (Å²) >= 11 is 18.1. The minimum atomic E-state index is 0.777. The van der Waals surface area contributed by atoms with Gasteiger partial charge in [0.1, 0.15) is 0 Å². The van der Waals surface area contributed by atoms with E-state index >= 15 is 0 Å². The minimum absolute atomic E-state index is 0.777. The molecule has 0 saturated carbocycles. The van der Waals surface area contributed by atoms with Crippen molar-refractivity contribution in [3.63, 3.8) is 0 Å². The molecule has 0 atom stereocenters. The van der Waals surface area contributed by atoms with Crippen LogP contribution in [0.4, 0.5) is 0 Å². The summed E-state index contributed by atoms with van der Waals surface area (Å²) in [5, 5.41) is 16.0. The maximum atomic E-state index is 7.15. The largest absolute Gasteiger partial charge is 0.134 e. The molecule has 0 spiro atoms. The molecule has 0 saturated heterocycles. The third-order valence-electron chi connectivity index (χ3n) is 10.4. The van der Waals surface area contributed by atoms with Crippen molar-refractivity contribution in [1.82, 2.24) is 0 Å². The van der Waals surface area contributed by atoms with E-state index < -0.39 is 0 Å². The van der Waals surface area contributed by atoms with Crippen molar-refractivity contribution < 1.29 is 0 Å². The molecule has 4 heteroatoms. The first-order valence-electron chi connectivity index (χ1n) is 16.6. The standard InChI is InChI=1S/C46H24Cl2S2/c47-37-23-35-39-34-22-20-28(26-13-5-2-6-14-26)46-42(34)40(36-24-38(48)30-16-8-10-18-32(30)44(36)50-46)33-21-19-27(25-11-3-1-4-12-25)45(41(33)39)49-43(35)31-17-9-7-15-29(31)37/h1-24H. The molecule has 2 aromatic heterocycles. The highest BCUT2D eigenvalue weighted by atomic mass is 35.5. The Bertz CT molecular complexity index is 2990.